The zero-order valence-corrected chi connectivity index (χ0v) is 12.2. The van der Waals surface area contributed by atoms with Crippen LogP contribution in [0.5, 0.6) is 0 Å². The molecule has 0 aliphatic heterocycles. The summed E-state index contributed by atoms with van der Waals surface area (Å²) in [6, 6.07) is 5.87. The van der Waals surface area contributed by atoms with Gasteiger partial charge in [0.1, 0.15) is 5.75 Å². The fourth-order valence-electron chi connectivity index (χ4n) is 1.43. The van der Waals surface area contributed by atoms with Crippen LogP contribution in [0.1, 0.15) is 20.8 Å². The van der Waals surface area contributed by atoms with Crippen LogP contribution in [0.25, 0.3) is 0 Å². The second-order valence-corrected chi connectivity index (χ2v) is 6.92. The van der Waals surface area contributed by atoms with Crippen LogP contribution in [0.3, 0.4) is 0 Å². The molecule has 0 bridgehead atoms. The minimum Gasteiger partial charge on any atom is -0.399 e. The molecule has 1 unspecified atom stereocenters. The smallest absolute Gasteiger partial charge is 0.235 e. The first-order valence-electron chi connectivity index (χ1n) is 6.10. The zero-order chi connectivity index (χ0) is 14.6. The maximum absolute atomic E-state index is 12.0. The van der Waals surface area contributed by atoms with Crippen molar-refractivity contribution in [2.75, 3.05) is 11.5 Å². The number of amides is 1. The van der Waals surface area contributed by atoms with E-state index in [1.54, 1.807) is 12.1 Å². The van der Waals surface area contributed by atoms with Gasteiger partial charge >= 0.3 is 0 Å². The number of benzene rings is 1. The molecule has 0 saturated carbocycles. The summed E-state index contributed by atoms with van der Waals surface area (Å²) in [6.07, 6.45) is 0. The minimum atomic E-state index is -3.65. The lowest BCUT2D eigenvalue weighted by Gasteiger charge is -2.17. The summed E-state index contributed by atoms with van der Waals surface area (Å²) in [5.41, 5.74) is 5.90. The number of nitrogen functional groups attached to an aromatic ring is 1. The average Bonchev–Trinajstić information content (AvgIpc) is 2.27. The maximum Gasteiger partial charge on any atom is 0.235 e. The van der Waals surface area contributed by atoms with Crippen LogP contribution in [-0.2, 0) is 14.6 Å². The van der Waals surface area contributed by atoms with Crippen molar-refractivity contribution in [1.29, 1.82) is 0 Å². The third-order valence-electron chi connectivity index (χ3n) is 2.93. The van der Waals surface area contributed by atoms with E-state index in [2.05, 4.69) is 5.32 Å². The normalized spacial score (nSPS) is 13.3. The molecule has 19 heavy (non-hydrogen) atoms. The van der Waals surface area contributed by atoms with E-state index < -0.39 is 21.5 Å². The molecule has 1 rings (SSSR count). The van der Waals surface area contributed by atoms with Crippen LogP contribution in [0.15, 0.2) is 29.2 Å². The molecule has 1 aromatic rings. The van der Waals surface area contributed by atoms with Gasteiger partial charge < -0.3 is 11.1 Å². The number of carbonyl (C=O) groups excluding carboxylic acids is 1. The monoisotopic (exact) mass is 284 g/mol. The molecule has 0 aliphatic rings. The van der Waals surface area contributed by atoms with Crippen molar-refractivity contribution in [3.8, 4) is 0 Å². The summed E-state index contributed by atoms with van der Waals surface area (Å²) in [4.78, 5) is 11.8. The van der Waals surface area contributed by atoms with Gasteiger partial charge in [0.15, 0.2) is 9.84 Å². The largest absolute Gasteiger partial charge is 0.399 e. The van der Waals surface area contributed by atoms with Gasteiger partial charge in [-0.15, -0.1) is 0 Å². The van der Waals surface area contributed by atoms with E-state index in [0.29, 0.717) is 5.69 Å². The van der Waals surface area contributed by atoms with E-state index in [1.807, 2.05) is 20.8 Å². The van der Waals surface area contributed by atoms with Crippen LogP contribution < -0.4 is 11.1 Å². The van der Waals surface area contributed by atoms with Crippen molar-refractivity contribution >= 4 is 21.4 Å². The SMILES string of the molecule is CC(C)C(C)NC(=O)CS(=O)(=O)c1cccc(N)c1. The topological polar surface area (TPSA) is 89.3 Å². The van der Waals surface area contributed by atoms with E-state index in [1.165, 1.54) is 12.1 Å². The van der Waals surface area contributed by atoms with Crippen molar-refractivity contribution in [1.82, 2.24) is 5.32 Å². The molecule has 1 aromatic carbocycles. The highest BCUT2D eigenvalue weighted by atomic mass is 32.2. The summed E-state index contributed by atoms with van der Waals surface area (Å²) in [7, 11) is -3.65. The second kappa shape index (κ2) is 6.06. The third kappa shape index (κ3) is 4.55. The molecule has 1 atom stereocenters. The maximum atomic E-state index is 12.0. The molecular weight excluding hydrogens is 264 g/mol. The highest BCUT2D eigenvalue weighted by molar-refractivity contribution is 7.92. The van der Waals surface area contributed by atoms with Gasteiger partial charge in [0, 0.05) is 11.7 Å². The Morgan fingerprint density at radius 2 is 1.95 bits per heavy atom. The van der Waals surface area contributed by atoms with E-state index >= 15 is 0 Å². The molecule has 0 radical (unpaired) electrons. The first kappa shape index (κ1) is 15.5. The van der Waals surface area contributed by atoms with Gasteiger partial charge in [-0.3, -0.25) is 4.79 Å². The Balaban J connectivity index is 2.78. The summed E-state index contributed by atoms with van der Waals surface area (Å²) in [5.74, 6) is -0.810. The number of hydrogen-bond donors (Lipinski definition) is 2. The minimum absolute atomic E-state index is 0.0662. The average molecular weight is 284 g/mol. The Morgan fingerprint density at radius 3 is 2.47 bits per heavy atom. The number of sulfone groups is 1. The Labute approximate surface area is 114 Å². The molecule has 5 nitrogen and oxygen atoms in total. The molecule has 0 spiro atoms. The van der Waals surface area contributed by atoms with Crippen molar-refractivity contribution in [2.45, 2.75) is 31.7 Å². The molecule has 0 saturated heterocycles. The third-order valence-corrected chi connectivity index (χ3v) is 4.54. The van der Waals surface area contributed by atoms with Crippen molar-refractivity contribution in [3.63, 3.8) is 0 Å². The summed E-state index contributed by atoms with van der Waals surface area (Å²) >= 11 is 0. The van der Waals surface area contributed by atoms with E-state index in [0.717, 1.165) is 0 Å². The van der Waals surface area contributed by atoms with Gasteiger partial charge in [0.2, 0.25) is 5.91 Å². The second-order valence-electron chi connectivity index (χ2n) is 4.93. The number of nitrogens with one attached hydrogen (secondary N) is 1. The number of hydrogen-bond acceptors (Lipinski definition) is 4. The first-order valence-corrected chi connectivity index (χ1v) is 7.75. The first-order chi connectivity index (χ1) is 8.72. The lowest BCUT2D eigenvalue weighted by Crippen LogP contribution is -2.39. The Morgan fingerprint density at radius 1 is 1.32 bits per heavy atom. The molecule has 106 valence electrons. The highest BCUT2D eigenvalue weighted by Crippen LogP contribution is 2.14. The van der Waals surface area contributed by atoms with Crippen LogP contribution in [0, 0.1) is 5.92 Å². The predicted molar refractivity (Wildman–Crippen MR) is 75.3 cm³/mol. The van der Waals surface area contributed by atoms with Crippen molar-refractivity contribution in [2.24, 2.45) is 5.92 Å². The van der Waals surface area contributed by atoms with Crippen molar-refractivity contribution in [3.05, 3.63) is 24.3 Å². The van der Waals surface area contributed by atoms with Gasteiger partial charge in [-0.05, 0) is 31.0 Å². The zero-order valence-electron chi connectivity index (χ0n) is 11.4. The Hall–Kier alpha value is -1.56. The summed E-state index contributed by atoms with van der Waals surface area (Å²) in [6.45, 7) is 5.75. The molecule has 1 amide bonds. The quantitative estimate of drug-likeness (QED) is 0.795. The van der Waals surface area contributed by atoms with E-state index in [4.69, 9.17) is 5.73 Å². The summed E-state index contributed by atoms with van der Waals surface area (Å²) in [5, 5.41) is 2.67. The molecular formula is C13H20N2O3S. The van der Waals surface area contributed by atoms with E-state index in [-0.39, 0.29) is 16.9 Å². The van der Waals surface area contributed by atoms with Crippen molar-refractivity contribution < 1.29 is 13.2 Å². The van der Waals surface area contributed by atoms with Gasteiger partial charge in [0.25, 0.3) is 0 Å². The van der Waals surface area contributed by atoms with Crippen LogP contribution in [0.2, 0.25) is 0 Å². The molecule has 6 heteroatoms. The molecule has 0 heterocycles. The van der Waals surface area contributed by atoms with Crippen LogP contribution in [0.4, 0.5) is 5.69 Å². The lowest BCUT2D eigenvalue weighted by molar-refractivity contribution is -0.119. The number of carbonyl (C=O) groups is 1. The van der Waals surface area contributed by atoms with Crippen LogP contribution >= 0.6 is 0 Å². The Bertz CT molecular complexity index is 553. The van der Waals surface area contributed by atoms with Gasteiger partial charge in [-0.25, -0.2) is 8.42 Å². The van der Waals surface area contributed by atoms with Gasteiger partial charge in [0.05, 0.1) is 4.90 Å². The molecule has 0 aliphatic carbocycles. The highest BCUT2D eigenvalue weighted by Gasteiger charge is 2.21. The molecule has 0 aromatic heterocycles. The van der Waals surface area contributed by atoms with E-state index in [9.17, 15) is 13.2 Å². The van der Waals surface area contributed by atoms with Crippen LogP contribution in [-0.4, -0.2) is 26.1 Å². The number of anilines is 1. The number of rotatable bonds is 5. The predicted octanol–water partition coefficient (Wildman–Crippen LogP) is 1.20. The van der Waals surface area contributed by atoms with Gasteiger partial charge in [-0.1, -0.05) is 19.9 Å². The Kier molecular flexibility index (Phi) is 4.94. The lowest BCUT2D eigenvalue weighted by atomic mass is 10.1. The molecule has 3 N–H and O–H groups in total. The van der Waals surface area contributed by atoms with Gasteiger partial charge in [-0.2, -0.15) is 0 Å². The fraction of sp³-hybridized carbons (Fsp3) is 0.462. The fourth-order valence-corrected chi connectivity index (χ4v) is 2.62. The standard InChI is InChI=1S/C13H20N2O3S/c1-9(2)10(3)15-13(16)8-19(17,18)12-6-4-5-11(14)7-12/h4-7,9-10H,8,14H2,1-3H3,(H,15,16). The summed E-state index contributed by atoms with van der Waals surface area (Å²) < 4.78 is 24.1. The molecule has 0 fully saturated rings. The number of nitrogens with two attached hydrogens (primary N) is 1.